The van der Waals surface area contributed by atoms with Gasteiger partial charge in [0.1, 0.15) is 17.8 Å². The van der Waals surface area contributed by atoms with E-state index in [0.29, 0.717) is 6.54 Å². The van der Waals surface area contributed by atoms with E-state index < -0.39 is 0 Å². The number of aromatic nitrogens is 4. The van der Waals surface area contributed by atoms with Gasteiger partial charge in [0.05, 0.1) is 11.8 Å². The van der Waals surface area contributed by atoms with E-state index in [0.717, 1.165) is 44.7 Å². The topological polar surface area (TPSA) is 88.1 Å². The van der Waals surface area contributed by atoms with Gasteiger partial charge in [-0.3, -0.25) is 4.79 Å². The van der Waals surface area contributed by atoms with Crippen LogP contribution in [0.1, 0.15) is 5.56 Å². The van der Waals surface area contributed by atoms with E-state index in [9.17, 15) is 4.79 Å². The first-order valence-corrected chi connectivity index (χ1v) is 9.35. The number of carbonyl (C=O) groups excluding carboxylic acids is 1. The third-order valence-corrected chi connectivity index (χ3v) is 5.03. The van der Waals surface area contributed by atoms with E-state index in [4.69, 9.17) is 4.74 Å². The molecule has 1 aromatic carbocycles. The Labute approximate surface area is 168 Å². The van der Waals surface area contributed by atoms with Crippen molar-refractivity contribution in [1.82, 2.24) is 24.4 Å². The number of pyridine rings is 1. The standard InChI is InChI=1S/C21H24N6O2/c1-22-21-18-19(27(3)12-23-18)15-9-16(24-20(15)25-21)14-7-5-6-13(8-14)10-26(2)17(28)11-29-4/h5-9,12H,10-11H2,1-4H3,(H2,22,24,25). The highest BCUT2D eigenvalue weighted by Crippen LogP contribution is 2.31. The van der Waals surface area contributed by atoms with Crippen molar-refractivity contribution in [3.8, 4) is 11.3 Å². The lowest BCUT2D eigenvalue weighted by molar-refractivity contribution is -0.134. The molecule has 0 aliphatic carbocycles. The van der Waals surface area contributed by atoms with Crippen LogP contribution in [0.25, 0.3) is 33.3 Å². The Morgan fingerprint density at radius 2 is 2.17 bits per heavy atom. The minimum atomic E-state index is -0.0501. The van der Waals surface area contributed by atoms with Gasteiger partial charge in [0.15, 0.2) is 5.82 Å². The molecule has 0 fully saturated rings. The molecule has 0 radical (unpaired) electrons. The first kappa shape index (κ1) is 18.9. The zero-order valence-electron chi connectivity index (χ0n) is 17.0. The van der Waals surface area contributed by atoms with E-state index >= 15 is 0 Å². The third-order valence-electron chi connectivity index (χ3n) is 5.03. The molecule has 3 aromatic heterocycles. The minimum Gasteiger partial charge on any atom is -0.375 e. The van der Waals surface area contributed by atoms with Crippen molar-refractivity contribution in [2.75, 3.05) is 33.1 Å². The average Bonchev–Trinajstić information content (AvgIpc) is 3.31. The predicted octanol–water partition coefficient (Wildman–Crippen LogP) is 2.76. The van der Waals surface area contributed by atoms with E-state index in [1.165, 1.54) is 7.11 Å². The normalized spacial score (nSPS) is 11.3. The minimum absolute atomic E-state index is 0.0501. The maximum atomic E-state index is 12.0. The molecule has 8 heteroatoms. The summed E-state index contributed by atoms with van der Waals surface area (Å²) < 4.78 is 6.94. The van der Waals surface area contributed by atoms with Gasteiger partial charge in [-0.25, -0.2) is 9.97 Å². The summed E-state index contributed by atoms with van der Waals surface area (Å²) in [6, 6.07) is 10.2. The Balaban J connectivity index is 1.73. The Hall–Kier alpha value is -3.39. The first-order chi connectivity index (χ1) is 14.0. The van der Waals surface area contributed by atoms with Crippen molar-refractivity contribution in [2.45, 2.75) is 6.54 Å². The molecule has 0 spiro atoms. The van der Waals surface area contributed by atoms with Gasteiger partial charge < -0.3 is 24.5 Å². The summed E-state index contributed by atoms with van der Waals surface area (Å²) in [4.78, 5) is 26.2. The molecule has 150 valence electrons. The number of H-pyrrole nitrogens is 1. The molecular formula is C21H24N6O2. The van der Waals surface area contributed by atoms with Crippen LogP contribution in [-0.4, -0.2) is 58.1 Å². The molecule has 8 nitrogen and oxygen atoms in total. The second-order valence-corrected chi connectivity index (χ2v) is 7.09. The number of hydrogen-bond donors (Lipinski definition) is 2. The molecule has 0 saturated carbocycles. The molecule has 4 rings (SSSR count). The number of hydrogen-bond acceptors (Lipinski definition) is 5. The predicted molar refractivity (Wildman–Crippen MR) is 114 cm³/mol. The lowest BCUT2D eigenvalue weighted by Gasteiger charge is -2.17. The fourth-order valence-corrected chi connectivity index (χ4v) is 3.56. The number of benzene rings is 1. The highest BCUT2D eigenvalue weighted by atomic mass is 16.5. The molecule has 0 unspecified atom stereocenters. The Kier molecular flexibility index (Phi) is 4.94. The highest BCUT2D eigenvalue weighted by Gasteiger charge is 2.15. The smallest absolute Gasteiger partial charge is 0.248 e. The van der Waals surface area contributed by atoms with Crippen LogP contribution in [0.5, 0.6) is 0 Å². The van der Waals surface area contributed by atoms with E-state index in [2.05, 4.69) is 32.4 Å². The van der Waals surface area contributed by atoms with Crippen molar-refractivity contribution in [2.24, 2.45) is 7.05 Å². The average molecular weight is 392 g/mol. The van der Waals surface area contributed by atoms with Gasteiger partial charge in [0.25, 0.3) is 0 Å². The van der Waals surface area contributed by atoms with Crippen molar-refractivity contribution >= 4 is 33.8 Å². The van der Waals surface area contributed by atoms with Crippen LogP contribution >= 0.6 is 0 Å². The summed E-state index contributed by atoms with van der Waals surface area (Å²) >= 11 is 0. The first-order valence-electron chi connectivity index (χ1n) is 9.35. The number of fused-ring (bicyclic) bond motifs is 3. The third kappa shape index (κ3) is 3.42. The number of rotatable bonds is 6. The van der Waals surface area contributed by atoms with Gasteiger partial charge in [-0.15, -0.1) is 0 Å². The number of aromatic amines is 1. The van der Waals surface area contributed by atoms with Gasteiger partial charge in [0.2, 0.25) is 5.91 Å². The molecule has 0 atom stereocenters. The molecule has 29 heavy (non-hydrogen) atoms. The molecule has 0 aliphatic rings. The van der Waals surface area contributed by atoms with Crippen molar-refractivity contribution < 1.29 is 9.53 Å². The number of amides is 1. The molecule has 0 aliphatic heterocycles. The van der Waals surface area contributed by atoms with E-state index in [1.54, 1.807) is 18.3 Å². The second-order valence-electron chi connectivity index (χ2n) is 7.09. The lowest BCUT2D eigenvalue weighted by Crippen LogP contribution is -2.29. The maximum Gasteiger partial charge on any atom is 0.248 e. The van der Waals surface area contributed by atoms with Gasteiger partial charge in [0, 0.05) is 45.9 Å². The summed E-state index contributed by atoms with van der Waals surface area (Å²) in [5.74, 6) is 0.694. The van der Waals surface area contributed by atoms with Gasteiger partial charge in [-0.05, 0) is 23.3 Å². The molecule has 3 heterocycles. The summed E-state index contributed by atoms with van der Waals surface area (Å²) in [7, 11) is 7.12. The van der Waals surface area contributed by atoms with Crippen LogP contribution in [0.2, 0.25) is 0 Å². The Bertz CT molecular complexity index is 1190. The maximum absolute atomic E-state index is 12.0. The van der Waals surface area contributed by atoms with Crippen LogP contribution in [-0.2, 0) is 23.1 Å². The second kappa shape index (κ2) is 7.56. The van der Waals surface area contributed by atoms with Crippen LogP contribution in [0.15, 0.2) is 36.7 Å². The van der Waals surface area contributed by atoms with Crippen molar-refractivity contribution in [3.63, 3.8) is 0 Å². The molecule has 1 amide bonds. The van der Waals surface area contributed by atoms with Crippen LogP contribution < -0.4 is 5.32 Å². The summed E-state index contributed by atoms with van der Waals surface area (Å²) in [6.45, 7) is 0.600. The Morgan fingerprint density at radius 1 is 1.34 bits per heavy atom. The number of ether oxygens (including phenoxy) is 1. The number of nitrogens with one attached hydrogen (secondary N) is 2. The molecule has 0 bridgehead atoms. The number of methoxy groups -OCH3 is 1. The fourth-order valence-electron chi connectivity index (χ4n) is 3.56. The van der Waals surface area contributed by atoms with Crippen molar-refractivity contribution in [1.29, 1.82) is 0 Å². The Morgan fingerprint density at radius 3 is 2.93 bits per heavy atom. The van der Waals surface area contributed by atoms with E-state index in [1.807, 2.05) is 36.9 Å². The number of nitrogens with zero attached hydrogens (tertiary/aromatic N) is 4. The summed E-state index contributed by atoms with van der Waals surface area (Å²) in [5, 5.41) is 4.14. The van der Waals surface area contributed by atoms with Gasteiger partial charge in [-0.1, -0.05) is 18.2 Å². The molecule has 0 saturated heterocycles. The highest BCUT2D eigenvalue weighted by molar-refractivity contribution is 6.07. The lowest BCUT2D eigenvalue weighted by atomic mass is 10.1. The molecule has 2 N–H and O–H groups in total. The summed E-state index contributed by atoms with van der Waals surface area (Å²) in [6.07, 6.45) is 1.80. The zero-order valence-corrected chi connectivity index (χ0v) is 17.0. The number of anilines is 1. The molecule has 4 aromatic rings. The van der Waals surface area contributed by atoms with Crippen LogP contribution in [0.3, 0.4) is 0 Å². The number of carbonyl (C=O) groups is 1. The van der Waals surface area contributed by atoms with E-state index in [-0.39, 0.29) is 12.5 Å². The van der Waals surface area contributed by atoms with Gasteiger partial charge in [-0.2, -0.15) is 0 Å². The van der Waals surface area contributed by atoms with Crippen LogP contribution in [0.4, 0.5) is 5.82 Å². The zero-order chi connectivity index (χ0) is 20.5. The number of likely N-dealkylation sites (N-methyl/N-ethyl adjacent to an activating group) is 1. The van der Waals surface area contributed by atoms with Crippen molar-refractivity contribution in [3.05, 3.63) is 42.2 Å². The SMILES string of the molecule is CNc1nc2[nH]c(-c3cccc(CN(C)C(=O)COC)c3)cc2c2c1ncn2C. The fraction of sp³-hybridized carbons (Fsp3) is 0.286. The van der Waals surface area contributed by atoms with Crippen LogP contribution in [0, 0.1) is 0 Å². The van der Waals surface area contributed by atoms with Gasteiger partial charge >= 0.3 is 0 Å². The summed E-state index contributed by atoms with van der Waals surface area (Å²) in [5.41, 5.74) is 5.73. The molecular weight excluding hydrogens is 368 g/mol. The number of aryl methyl sites for hydroxylation is 1. The largest absolute Gasteiger partial charge is 0.375 e. The monoisotopic (exact) mass is 392 g/mol. The quantitative estimate of drug-likeness (QED) is 0.527. The number of imidazole rings is 1.